The van der Waals surface area contributed by atoms with Crippen LogP contribution in [0.4, 0.5) is 11.4 Å². The summed E-state index contributed by atoms with van der Waals surface area (Å²) in [5, 5.41) is 6.21. The van der Waals surface area contributed by atoms with E-state index in [1.807, 2.05) is 0 Å². The molecule has 28 heavy (non-hydrogen) atoms. The van der Waals surface area contributed by atoms with Crippen molar-refractivity contribution in [3.05, 3.63) is 58.1 Å². The van der Waals surface area contributed by atoms with Crippen molar-refractivity contribution in [2.75, 3.05) is 24.2 Å². The van der Waals surface area contributed by atoms with Crippen LogP contribution in [0.5, 0.6) is 0 Å². The van der Waals surface area contributed by atoms with E-state index >= 15 is 0 Å². The molecular weight excluding hydrogens is 401 g/mol. The second-order valence-corrected chi connectivity index (χ2v) is 7.49. The maximum atomic E-state index is 12.5. The molecule has 1 saturated carbocycles. The molecule has 3 rings (SSSR count). The SMILES string of the molecule is CN(CC(=O)Nc1ccc(Cl)c(Cl)c1)C(=O)c1ccc(NC(=O)C2CC2)cc1. The van der Waals surface area contributed by atoms with Crippen LogP contribution in [0.1, 0.15) is 23.2 Å². The standard InChI is InChI=1S/C20H19Cl2N3O3/c1-25(11-18(26)23-15-8-9-16(21)17(22)10-15)20(28)13-4-6-14(7-5-13)24-19(27)12-2-3-12/h4-10,12H,2-3,11H2,1H3,(H,23,26)(H,24,27). The average Bonchev–Trinajstić information content (AvgIpc) is 3.50. The highest BCUT2D eigenvalue weighted by Gasteiger charge is 2.29. The highest BCUT2D eigenvalue weighted by molar-refractivity contribution is 6.42. The summed E-state index contributed by atoms with van der Waals surface area (Å²) in [6, 6.07) is 11.4. The molecule has 0 aromatic heterocycles. The molecule has 2 N–H and O–H groups in total. The lowest BCUT2D eigenvalue weighted by Gasteiger charge is -2.17. The number of amides is 3. The fraction of sp³-hybridized carbons (Fsp3) is 0.250. The number of hydrogen-bond acceptors (Lipinski definition) is 3. The van der Waals surface area contributed by atoms with Crippen LogP contribution in [0.2, 0.25) is 10.0 Å². The van der Waals surface area contributed by atoms with Gasteiger partial charge in [-0.1, -0.05) is 23.2 Å². The van der Waals surface area contributed by atoms with Gasteiger partial charge >= 0.3 is 0 Å². The number of halogens is 2. The fourth-order valence-electron chi connectivity index (χ4n) is 2.57. The number of benzene rings is 2. The maximum Gasteiger partial charge on any atom is 0.254 e. The molecule has 0 unspecified atom stereocenters. The van der Waals surface area contributed by atoms with E-state index in [1.165, 1.54) is 11.0 Å². The summed E-state index contributed by atoms with van der Waals surface area (Å²) in [5.74, 6) is -0.538. The summed E-state index contributed by atoms with van der Waals surface area (Å²) in [6.45, 7) is -0.126. The van der Waals surface area contributed by atoms with Gasteiger partial charge in [0.05, 0.1) is 16.6 Å². The molecule has 0 aliphatic heterocycles. The first-order valence-corrected chi connectivity index (χ1v) is 9.50. The lowest BCUT2D eigenvalue weighted by molar-refractivity contribution is -0.117. The van der Waals surface area contributed by atoms with E-state index in [9.17, 15) is 14.4 Å². The normalized spacial score (nSPS) is 13.0. The minimum absolute atomic E-state index is 0.00942. The number of anilines is 2. The predicted molar refractivity (Wildman–Crippen MR) is 110 cm³/mol. The zero-order chi connectivity index (χ0) is 20.3. The van der Waals surface area contributed by atoms with E-state index in [0.29, 0.717) is 27.0 Å². The highest BCUT2D eigenvalue weighted by Crippen LogP contribution is 2.30. The van der Waals surface area contributed by atoms with E-state index in [1.54, 1.807) is 43.4 Å². The smallest absolute Gasteiger partial charge is 0.254 e. The van der Waals surface area contributed by atoms with Crippen LogP contribution >= 0.6 is 23.2 Å². The molecular formula is C20H19Cl2N3O3. The summed E-state index contributed by atoms with van der Waals surface area (Å²) < 4.78 is 0. The molecule has 2 aromatic carbocycles. The van der Waals surface area contributed by atoms with Crippen LogP contribution in [0.25, 0.3) is 0 Å². The Labute approximate surface area is 172 Å². The van der Waals surface area contributed by atoms with Crippen molar-refractivity contribution in [3.63, 3.8) is 0 Å². The van der Waals surface area contributed by atoms with E-state index in [0.717, 1.165) is 12.8 Å². The lowest BCUT2D eigenvalue weighted by atomic mass is 10.1. The molecule has 2 aromatic rings. The van der Waals surface area contributed by atoms with E-state index in [4.69, 9.17) is 23.2 Å². The van der Waals surface area contributed by atoms with Crippen molar-refractivity contribution in [3.8, 4) is 0 Å². The summed E-state index contributed by atoms with van der Waals surface area (Å²) in [5.41, 5.74) is 1.57. The number of nitrogens with one attached hydrogen (secondary N) is 2. The quantitative estimate of drug-likeness (QED) is 0.740. The van der Waals surface area contributed by atoms with Gasteiger partial charge in [0, 0.05) is 29.9 Å². The van der Waals surface area contributed by atoms with Crippen molar-refractivity contribution in [1.82, 2.24) is 4.90 Å². The Morgan fingerprint density at radius 2 is 1.61 bits per heavy atom. The molecule has 3 amide bonds. The maximum absolute atomic E-state index is 12.5. The summed E-state index contributed by atoms with van der Waals surface area (Å²) in [6.07, 6.45) is 1.86. The van der Waals surface area contributed by atoms with Gasteiger partial charge in [0.25, 0.3) is 5.91 Å². The van der Waals surface area contributed by atoms with Crippen LogP contribution in [-0.2, 0) is 9.59 Å². The van der Waals surface area contributed by atoms with Crippen LogP contribution in [-0.4, -0.2) is 36.2 Å². The summed E-state index contributed by atoms with van der Waals surface area (Å²) in [4.78, 5) is 37.8. The van der Waals surface area contributed by atoms with Crippen molar-refractivity contribution < 1.29 is 14.4 Å². The molecule has 146 valence electrons. The predicted octanol–water partition coefficient (Wildman–Crippen LogP) is 4.05. The Bertz CT molecular complexity index is 911. The molecule has 6 nitrogen and oxygen atoms in total. The van der Waals surface area contributed by atoms with Crippen LogP contribution in [0, 0.1) is 5.92 Å². The second kappa shape index (κ2) is 8.63. The Kier molecular flexibility index (Phi) is 6.21. The topological polar surface area (TPSA) is 78.5 Å². The molecule has 8 heteroatoms. The number of carbonyl (C=O) groups excluding carboxylic acids is 3. The van der Waals surface area contributed by atoms with Gasteiger partial charge in [-0.25, -0.2) is 0 Å². The number of nitrogens with zero attached hydrogens (tertiary/aromatic N) is 1. The fourth-order valence-corrected chi connectivity index (χ4v) is 2.87. The molecule has 0 spiro atoms. The third-order valence-corrected chi connectivity index (χ3v) is 5.02. The van der Waals surface area contributed by atoms with Crippen LogP contribution in [0.15, 0.2) is 42.5 Å². The van der Waals surface area contributed by atoms with Crippen LogP contribution < -0.4 is 10.6 Å². The van der Waals surface area contributed by atoms with Crippen LogP contribution in [0.3, 0.4) is 0 Å². The van der Waals surface area contributed by atoms with E-state index in [2.05, 4.69) is 10.6 Å². The van der Waals surface area contributed by atoms with E-state index in [-0.39, 0.29) is 30.2 Å². The van der Waals surface area contributed by atoms with Crippen molar-refractivity contribution >= 4 is 52.3 Å². The minimum atomic E-state index is -0.359. The van der Waals surface area contributed by atoms with Gasteiger partial charge in [0.1, 0.15) is 0 Å². The summed E-state index contributed by atoms with van der Waals surface area (Å²) >= 11 is 11.8. The van der Waals surface area contributed by atoms with Gasteiger partial charge in [-0.15, -0.1) is 0 Å². The van der Waals surface area contributed by atoms with Gasteiger partial charge in [-0.2, -0.15) is 0 Å². The number of likely N-dealkylation sites (N-methyl/N-ethyl adjacent to an activating group) is 1. The van der Waals surface area contributed by atoms with Gasteiger partial charge in [0.2, 0.25) is 11.8 Å². The van der Waals surface area contributed by atoms with Gasteiger partial charge < -0.3 is 15.5 Å². The molecule has 1 aliphatic carbocycles. The first-order valence-electron chi connectivity index (χ1n) is 8.75. The first kappa shape index (κ1) is 20.2. The number of hydrogen-bond donors (Lipinski definition) is 2. The third kappa shape index (κ3) is 5.24. The Hall–Kier alpha value is -2.57. The number of carbonyl (C=O) groups is 3. The zero-order valence-electron chi connectivity index (χ0n) is 15.2. The monoisotopic (exact) mass is 419 g/mol. The second-order valence-electron chi connectivity index (χ2n) is 6.68. The minimum Gasteiger partial charge on any atom is -0.332 e. The van der Waals surface area contributed by atoms with Gasteiger partial charge in [-0.05, 0) is 55.3 Å². The summed E-state index contributed by atoms with van der Waals surface area (Å²) in [7, 11) is 1.54. The zero-order valence-corrected chi connectivity index (χ0v) is 16.7. The Morgan fingerprint density at radius 3 is 2.21 bits per heavy atom. The Morgan fingerprint density at radius 1 is 0.964 bits per heavy atom. The molecule has 0 bridgehead atoms. The first-order chi connectivity index (χ1) is 13.3. The van der Waals surface area contributed by atoms with E-state index < -0.39 is 0 Å². The molecule has 0 atom stereocenters. The number of rotatable bonds is 6. The molecule has 0 radical (unpaired) electrons. The molecule has 1 aliphatic rings. The highest BCUT2D eigenvalue weighted by atomic mass is 35.5. The molecule has 0 saturated heterocycles. The van der Waals surface area contributed by atoms with Gasteiger partial charge in [-0.3, -0.25) is 14.4 Å². The molecule has 1 fully saturated rings. The average molecular weight is 420 g/mol. The van der Waals surface area contributed by atoms with Crippen molar-refractivity contribution in [1.29, 1.82) is 0 Å². The lowest BCUT2D eigenvalue weighted by Crippen LogP contribution is -2.34. The van der Waals surface area contributed by atoms with Crippen molar-refractivity contribution in [2.45, 2.75) is 12.8 Å². The Balaban J connectivity index is 1.54. The largest absolute Gasteiger partial charge is 0.332 e. The third-order valence-electron chi connectivity index (χ3n) is 4.28. The van der Waals surface area contributed by atoms with Gasteiger partial charge in [0.15, 0.2) is 0 Å². The van der Waals surface area contributed by atoms with Crippen molar-refractivity contribution in [2.24, 2.45) is 5.92 Å². The molecule has 0 heterocycles.